The maximum Gasteiger partial charge on any atom is 0.185 e. The lowest BCUT2D eigenvalue weighted by atomic mass is 9.87. The molecule has 1 heteroatoms. The summed E-state index contributed by atoms with van der Waals surface area (Å²) in [4.78, 5) is 11.2. The molecule has 1 aliphatic rings. The molecule has 0 fully saturated rings. The summed E-state index contributed by atoms with van der Waals surface area (Å²) in [6, 6.07) is 5.89. The average Bonchev–Trinajstić information content (AvgIpc) is 2.06. The molecule has 0 heterocycles. The molecule has 1 aromatic carbocycles. The molecule has 1 nitrogen and oxygen atoms in total. The van der Waals surface area contributed by atoms with Gasteiger partial charge in [0.05, 0.1) is 0 Å². The Morgan fingerprint density at radius 2 is 2.08 bits per heavy atom. The third-order valence-electron chi connectivity index (χ3n) is 2.34. The van der Waals surface area contributed by atoms with Crippen molar-refractivity contribution in [3.63, 3.8) is 0 Å². The van der Waals surface area contributed by atoms with Crippen molar-refractivity contribution >= 4 is 5.78 Å². The van der Waals surface area contributed by atoms with Crippen molar-refractivity contribution in [1.82, 2.24) is 0 Å². The maximum atomic E-state index is 11.2. The molecule has 0 amide bonds. The van der Waals surface area contributed by atoms with Crippen LogP contribution in [0.1, 0.15) is 21.5 Å². The first-order chi connectivity index (χ1) is 5.81. The highest BCUT2D eigenvalue weighted by molar-refractivity contribution is 6.04. The summed E-state index contributed by atoms with van der Waals surface area (Å²) in [7, 11) is 0. The third kappa shape index (κ3) is 0.981. The number of hydrogen-bond donors (Lipinski definition) is 0. The fourth-order valence-electron chi connectivity index (χ4n) is 1.47. The minimum atomic E-state index is 0.0182. The summed E-state index contributed by atoms with van der Waals surface area (Å²) in [6.07, 6.45) is 3.64. The molecule has 2 rings (SSSR count). The van der Waals surface area contributed by atoms with Gasteiger partial charge in [0.1, 0.15) is 0 Å². The fourth-order valence-corrected chi connectivity index (χ4v) is 1.47. The van der Waals surface area contributed by atoms with E-state index in [0.29, 0.717) is 0 Å². The highest BCUT2D eigenvalue weighted by Crippen LogP contribution is 2.23. The number of hydrogen-bond acceptors (Lipinski definition) is 1. The maximum absolute atomic E-state index is 11.2. The molecule has 0 unspecified atom stereocenters. The van der Waals surface area contributed by atoms with Gasteiger partial charge in [-0.15, -0.1) is 0 Å². The lowest BCUT2D eigenvalue weighted by Gasteiger charge is -2.18. The molecule has 60 valence electrons. The van der Waals surface area contributed by atoms with Crippen molar-refractivity contribution in [3.8, 4) is 0 Å². The lowest BCUT2D eigenvalue weighted by Crippen LogP contribution is -2.09. The van der Waals surface area contributed by atoms with E-state index in [0.717, 1.165) is 18.4 Å². The fraction of sp³-hybridized carbons (Fsp3) is 0.182. The van der Waals surface area contributed by atoms with Crippen molar-refractivity contribution in [2.75, 3.05) is 0 Å². The van der Waals surface area contributed by atoms with Crippen molar-refractivity contribution < 1.29 is 4.79 Å². The van der Waals surface area contributed by atoms with Gasteiger partial charge < -0.3 is 0 Å². The van der Waals surface area contributed by atoms with Gasteiger partial charge in [-0.3, -0.25) is 4.79 Å². The molecular weight excluding hydrogens is 148 g/mol. The SMILES string of the molecule is C=CC(=O)c1ccc2c(c1)CC2. The Bertz CT molecular complexity index is 350. The van der Waals surface area contributed by atoms with E-state index in [-0.39, 0.29) is 5.78 Å². The summed E-state index contributed by atoms with van der Waals surface area (Å²) in [5.74, 6) is 0.0182. The van der Waals surface area contributed by atoms with Crippen LogP contribution in [0.4, 0.5) is 0 Å². The predicted octanol–water partition coefficient (Wildman–Crippen LogP) is 2.15. The average molecular weight is 158 g/mol. The van der Waals surface area contributed by atoms with E-state index in [1.165, 1.54) is 17.2 Å². The molecule has 0 spiro atoms. The Morgan fingerprint density at radius 1 is 1.33 bits per heavy atom. The van der Waals surface area contributed by atoms with Gasteiger partial charge in [-0.2, -0.15) is 0 Å². The highest BCUT2D eigenvalue weighted by atomic mass is 16.1. The molecule has 0 N–H and O–H groups in total. The van der Waals surface area contributed by atoms with E-state index in [1.807, 2.05) is 18.2 Å². The predicted molar refractivity (Wildman–Crippen MR) is 48.4 cm³/mol. The number of ketones is 1. The van der Waals surface area contributed by atoms with Crippen LogP contribution in [-0.2, 0) is 12.8 Å². The Morgan fingerprint density at radius 3 is 2.58 bits per heavy atom. The number of aryl methyl sites for hydroxylation is 2. The van der Waals surface area contributed by atoms with Crippen molar-refractivity contribution in [1.29, 1.82) is 0 Å². The standard InChI is InChI=1S/C11H10O/c1-2-11(12)10-6-4-8-3-5-9(8)7-10/h2,4,6-7H,1,3,5H2. The van der Waals surface area contributed by atoms with Gasteiger partial charge in [0, 0.05) is 5.56 Å². The van der Waals surface area contributed by atoms with Gasteiger partial charge >= 0.3 is 0 Å². The molecule has 0 saturated heterocycles. The molecule has 0 aromatic heterocycles. The zero-order valence-electron chi connectivity index (χ0n) is 6.84. The Balaban J connectivity index is 2.41. The van der Waals surface area contributed by atoms with Crippen LogP contribution in [0, 0.1) is 0 Å². The Labute approximate surface area is 71.7 Å². The van der Waals surface area contributed by atoms with Crippen molar-refractivity contribution in [2.24, 2.45) is 0 Å². The van der Waals surface area contributed by atoms with E-state index in [4.69, 9.17) is 0 Å². The minimum absolute atomic E-state index is 0.0182. The first-order valence-corrected chi connectivity index (χ1v) is 4.10. The van der Waals surface area contributed by atoms with E-state index in [2.05, 4.69) is 6.58 Å². The summed E-state index contributed by atoms with van der Waals surface area (Å²) < 4.78 is 0. The summed E-state index contributed by atoms with van der Waals surface area (Å²) >= 11 is 0. The quantitative estimate of drug-likeness (QED) is 0.476. The van der Waals surface area contributed by atoms with E-state index in [9.17, 15) is 4.79 Å². The van der Waals surface area contributed by atoms with Gasteiger partial charge in [-0.05, 0) is 36.1 Å². The molecule has 0 saturated carbocycles. The Hall–Kier alpha value is -1.37. The largest absolute Gasteiger partial charge is 0.289 e. The number of carbonyl (C=O) groups excluding carboxylic acids is 1. The monoisotopic (exact) mass is 158 g/mol. The van der Waals surface area contributed by atoms with Crippen LogP contribution < -0.4 is 0 Å². The van der Waals surface area contributed by atoms with E-state index < -0.39 is 0 Å². The first kappa shape index (κ1) is 7.29. The van der Waals surface area contributed by atoms with Crippen LogP contribution in [0.25, 0.3) is 0 Å². The zero-order chi connectivity index (χ0) is 8.55. The number of rotatable bonds is 2. The number of carbonyl (C=O) groups is 1. The normalized spacial score (nSPS) is 13.0. The van der Waals surface area contributed by atoms with Crippen LogP contribution in [-0.4, -0.2) is 5.78 Å². The topological polar surface area (TPSA) is 17.1 Å². The van der Waals surface area contributed by atoms with Gasteiger partial charge in [0.25, 0.3) is 0 Å². The smallest absolute Gasteiger partial charge is 0.185 e. The molecule has 12 heavy (non-hydrogen) atoms. The number of allylic oxidation sites excluding steroid dienone is 1. The first-order valence-electron chi connectivity index (χ1n) is 4.10. The second kappa shape index (κ2) is 2.59. The molecular formula is C11H10O. The van der Waals surface area contributed by atoms with Gasteiger partial charge in [0.15, 0.2) is 5.78 Å². The second-order valence-electron chi connectivity index (χ2n) is 3.05. The van der Waals surface area contributed by atoms with E-state index >= 15 is 0 Å². The van der Waals surface area contributed by atoms with E-state index in [1.54, 1.807) is 0 Å². The second-order valence-corrected chi connectivity index (χ2v) is 3.05. The van der Waals surface area contributed by atoms with Crippen molar-refractivity contribution in [2.45, 2.75) is 12.8 Å². The molecule has 1 aromatic rings. The third-order valence-corrected chi connectivity index (χ3v) is 2.34. The molecule has 0 atom stereocenters. The number of benzene rings is 1. The van der Waals surface area contributed by atoms with Crippen LogP contribution in [0.5, 0.6) is 0 Å². The summed E-state index contributed by atoms with van der Waals surface area (Å²) in [5.41, 5.74) is 3.47. The van der Waals surface area contributed by atoms with Crippen LogP contribution in [0.15, 0.2) is 30.9 Å². The van der Waals surface area contributed by atoms with Crippen molar-refractivity contribution in [3.05, 3.63) is 47.5 Å². The zero-order valence-corrected chi connectivity index (χ0v) is 6.84. The van der Waals surface area contributed by atoms with Gasteiger partial charge in [-0.1, -0.05) is 18.7 Å². The molecule has 0 radical (unpaired) electrons. The van der Waals surface area contributed by atoms with Crippen LogP contribution in [0.3, 0.4) is 0 Å². The van der Waals surface area contributed by atoms with Crippen LogP contribution in [0.2, 0.25) is 0 Å². The molecule has 0 aliphatic heterocycles. The highest BCUT2D eigenvalue weighted by Gasteiger charge is 2.13. The van der Waals surface area contributed by atoms with Gasteiger partial charge in [0.2, 0.25) is 0 Å². The minimum Gasteiger partial charge on any atom is -0.289 e. The van der Waals surface area contributed by atoms with Crippen LogP contribution >= 0.6 is 0 Å². The molecule has 0 bridgehead atoms. The van der Waals surface area contributed by atoms with Gasteiger partial charge in [-0.25, -0.2) is 0 Å². The lowest BCUT2D eigenvalue weighted by molar-refractivity contribution is 0.104. The number of fused-ring (bicyclic) bond motifs is 1. The summed E-state index contributed by atoms with van der Waals surface area (Å²) in [6.45, 7) is 3.46. The summed E-state index contributed by atoms with van der Waals surface area (Å²) in [5, 5.41) is 0. The molecule has 1 aliphatic carbocycles. The Kier molecular flexibility index (Phi) is 1.58.